The maximum atomic E-state index is 12.0. The van der Waals surface area contributed by atoms with Crippen LogP contribution in [0.3, 0.4) is 0 Å². The summed E-state index contributed by atoms with van der Waals surface area (Å²) < 4.78 is 4.84. The van der Waals surface area contributed by atoms with Crippen LogP contribution in [-0.2, 0) is 11.3 Å². The lowest BCUT2D eigenvalue weighted by Crippen LogP contribution is -2.56. The Bertz CT molecular complexity index is 402. The van der Waals surface area contributed by atoms with Gasteiger partial charge in [-0.05, 0) is 32.7 Å². The van der Waals surface area contributed by atoms with E-state index in [-0.39, 0.29) is 18.3 Å². The normalized spacial score (nSPS) is 23.2. The van der Waals surface area contributed by atoms with Gasteiger partial charge < -0.3 is 15.2 Å². The van der Waals surface area contributed by atoms with Gasteiger partial charge in [-0.3, -0.25) is 4.79 Å². The van der Waals surface area contributed by atoms with Gasteiger partial charge in [0.05, 0.1) is 12.1 Å². The number of piperidine rings is 1. The molecule has 2 heterocycles. The molecule has 1 aliphatic heterocycles. The molecule has 0 aliphatic carbocycles. The fourth-order valence-electron chi connectivity index (χ4n) is 2.02. The van der Waals surface area contributed by atoms with Crippen LogP contribution in [0.4, 0.5) is 0 Å². The van der Waals surface area contributed by atoms with Gasteiger partial charge in [-0.15, -0.1) is 12.4 Å². The molecule has 7 heteroatoms. The van der Waals surface area contributed by atoms with E-state index in [4.69, 9.17) is 4.52 Å². The van der Waals surface area contributed by atoms with Crippen LogP contribution >= 0.6 is 12.4 Å². The second kappa shape index (κ2) is 6.15. The van der Waals surface area contributed by atoms with E-state index in [0.717, 1.165) is 25.8 Å². The zero-order valence-electron chi connectivity index (χ0n) is 10.7. The number of aromatic nitrogens is 2. The number of amides is 1. The summed E-state index contributed by atoms with van der Waals surface area (Å²) >= 11 is 0. The van der Waals surface area contributed by atoms with Crippen molar-refractivity contribution in [1.29, 1.82) is 0 Å². The molecule has 0 radical (unpaired) electrons. The molecule has 0 saturated carbocycles. The Morgan fingerprint density at radius 2 is 2.33 bits per heavy atom. The highest BCUT2D eigenvalue weighted by Crippen LogP contribution is 2.18. The van der Waals surface area contributed by atoms with Gasteiger partial charge in [0, 0.05) is 6.92 Å². The number of hydrogen-bond donors (Lipinski definition) is 2. The predicted octanol–water partition coefficient (Wildman–Crippen LogP) is 0.948. The maximum Gasteiger partial charge on any atom is 0.240 e. The van der Waals surface area contributed by atoms with Crippen molar-refractivity contribution in [3.63, 3.8) is 0 Å². The van der Waals surface area contributed by atoms with E-state index in [1.54, 1.807) is 6.92 Å². The first-order valence-corrected chi connectivity index (χ1v) is 5.93. The van der Waals surface area contributed by atoms with Crippen molar-refractivity contribution < 1.29 is 9.32 Å². The van der Waals surface area contributed by atoms with Crippen LogP contribution in [-0.4, -0.2) is 28.1 Å². The highest BCUT2D eigenvalue weighted by atomic mass is 35.5. The van der Waals surface area contributed by atoms with Crippen LogP contribution in [0.5, 0.6) is 0 Å². The molecule has 0 spiro atoms. The lowest BCUT2D eigenvalue weighted by atomic mass is 9.90. The number of carbonyl (C=O) groups is 1. The van der Waals surface area contributed by atoms with E-state index in [0.29, 0.717) is 18.3 Å². The Labute approximate surface area is 112 Å². The van der Waals surface area contributed by atoms with Gasteiger partial charge in [0.1, 0.15) is 0 Å². The first kappa shape index (κ1) is 14.9. The van der Waals surface area contributed by atoms with Crippen molar-refractivity contribution in [2.45, 2.75) is 45.2 Å². The molecule has 0 bridgehead atoms. The van der Waals surface area contributed by atoms with E-state index < -0.39 is 5.54 Å². The molecule has 1 atom stereocenters. The van der Waals surface area contributed by atoms with Crippen LogP contribution in [0.1, 0.15) is 37.9 Å². The topological polar surface area (TPSA) is 80.0 Å². The zero-order valence-corrected chi connectivity index (χ0v) is 11.5. The van der Waals surface area contributed by atoms with E-state index in [1.807, 2.05) is 6.92 Å². The number of nitrogens with zero attached hydrogens (tertiary/aromatic N) is 2. The van der Waals surface area contributed by atoms with Gasteiger partial charge in [-0.2, -0.15) is 4.98 Å². The molecule has 2 rings (SSSR count). The molecule has 0 aromatic carbocycles. The molecule has 1 unspecified atom stereocenters. The molecule has 1 fully saturated rings. The molecule has 1 aromatic heterocycles. The van der Waals surface area contributed by atoms with Crippen LogP contribution in [0.15, 0.2) is 4.52 Å². The fraction of sp³-hybridized carbons (Fsp3) is 0.727. The summed E-state index contributed by atoms with van der Waals surface area (Å²) in [5.41, 5.74) is -0.461. The molecule has 6 nitrogen and oxygen atoms in total. The largest absolute Gasteiger partial charge is 0.347 e. The molecular formula is C11H19ClN4O2. The summed E-state index contributed by atoms with van der Waals surface area (Å²) in [7, 11) is 0. The quantitative estimate of drug-likeness (QED) is 0.858. The van der Waals surface area contributed by atoms with Crippen LogP contribution in [0.2, 0.25) is 0 Å². The van der Waals surface area contributed by atoms with Crippen LogP contribution < -0.4 is 10.6 Å². The van der Waals surface area contributed by atoms with Crippen molar-refractivity contribution >= 4 is 18.3 Å². The smallest absolute Gasteiger partial charge is 0.240 e. The van der Waals surface area contributed by atoms with Gasteiger partial charge >= 0.3 is 0 Å². The lowest BCUT2D eigenvalue weighted by molar-refractivity contribution is -0.128. The third-order valence-corrected chi connectivity index (χ3v) is 3.10. The van der Waals surface area contributed by atoms with Crippen molar-refractivity contribution in [3.05, 3.63) is 11.7 Å². The van der Waals surface area contributed by atoms with Crippen LogP contribution in [0, 0.1) is 6.92 Å². The SMILES string of the molecule is Cc1nc(CNC(=O)C2(C)CCCCN2)no1.Cl. The number of halogens is 1. The monoisotopic (exact) mass is 274 g/mol. The highest BCUT2D eigenvalue weighted by Gasteiger charge is 2.33. The second-order valence-electron chi connectivity index (χ2n) is 4.63. The summed E-state index contributed by atoms with van der Waals surface area (Å²) in [6.45, 7) is 4.87. The second-order valence-corrected chi connectivity index (χ2v) is 4.63. The molecular weight excluding hydrogens is 256 g/mol. The summed E-state index contributed by atoms with van der Waals surface area (Å²) in [6.07, 6.45) is 3.08. The summed E-state index contributed by atoms with van der Waals surface area (Å²) in [5, 5.41) is 9.83. The highest BCUT2D eigenvalue weighted by molar-refractivity contribution is 5.86. The molecule has 18 heavy (non-hydrogen) atoms. The van der Waals surface area contributed by atoms with Gasteiger partial charge in [0.2, 0.25) is 11.8 Å². The molecule has 1 amide bonds. The minimum Gasteiger partial charge on any atom is -0.347 e. The molecule has 1 aliphatic rings. The molecule has 1 saturated heterocycles. The average Bonchev–Trinajstić information content (AvgIpc) is 2.73. The van der Waals surface area contributed by atoms with Crippen molar-refractivity contribution in [2.24, 2.45) is 0 Å². The zero-order chi connectivity index (χ0) is 12.3. The molecule has 2 N–H and O–H groups in total. The molecule has 102 valence electrons. The fourth-order valence-corrected chi connectivity index (χ4v) is 2.02. The van der Waals surface area contributed by atoms with Gasteiger partial charge in [-0.25, -0.2) is 0 Å². The minimum atomic E-state index is -0.461. The first-order valence-electron chi connectivity index (χ1n) is 5.93. The van der Waals surface area contributed by atoms with Crippen molar-refractivity contribution in [3.8, 4) is 0 Å². The van der Waals surface area contributed by atoms with Crippen molar-refractivity contribution in [1.82, 2.24) is 20.8 Å². The van der Waals surface area contributed by atoms with Gasteiger partial charge in [-0.1, -0.05) is 5.16 Å². The summed E-state index contributed by atoms with van der Waals surface area (Å²) in [6, 6.07) is 0. The minimum absolute atomic E-state index is 0. The van der Waals surface area contributed by atoms with Crippen LogP contribution in [0.25, 0.3) is 0 Å². The Balaban J connectivity index is 0.00000162. The Hall–Kier alpha value is -1.14. The number of hydrogen-bond acceptors (Lipinski definition) is 5. The number of carbonyl (C=O) groups excluding carboxylic acids is 1. The standard InChI is InChI=1S/C11H18N4O2.ClH/c1-8-14-9(15-17-8)7-12-10(16)11(2)5-3-4-6-13-11;/h13H,3-7H2,1-2H3,(H,12,16);1H. The lowest BCUT2D eigenvalue weighted by Gasteiger charge is -2.33. The number of nitrogens with one attached hydrogen (secondary N) is 2. The van der Waals surface area contributed by atoms with E-state index in [9.17, 15) is 4.79 Å². The predicted molar refractivity (Wildman–Crippen MR) is 68.4 cm³/mol. The average molecular weight is 275 g/mol. The molecule has 1 aromatic rings. The maximum absolute atomic E-state index is 12.0. The Morgan fingerprint density at radius 3 is 2.89 bits per heavy atom. The summed E-state index contributed by atoms with van der Waals surface area (Å²) in [5.74, 6) is 1.02. The first-order chi connectivity index (χ1) is 8.10. The summed E-state index contributed by atoms with van der Waals surface area (Å²) in [4.78, 5) is 16.1. The van der Waals surface area contributed by atoms with E-state index >= 15 is 0 Å². The van der Waals surface area contributed by atoms with E-state index in [2.05, 4.69) is 20.8 Å². The Kier molecular flexibility index (Phi) is 5.10. The Morgan fingerprint density at radius 1 is 1.56 bits per heavy atom. The van der Waals surface area contributed by atoms with E-state index in [1.165, 1.54) is 0 Å². The third-order valence-electron chi connectivity index (χ3n) is 3.10. The number of rotatable bonds is 3. The van der Waals surface area contributed by atoms with Gasteiger partial charge in [0.15, 0.2) is 5.82 Å². The van der Waals surface area contributed by atoms with Gasteiger partial charge in [0.25, 0.3) is 0 Å². The van der Waals surface area contributed by atoms with Crippen molar-refractivity contribution in [2.75, 3.05) is 6.54 Å². The third kappa shape index (κ3) is 3.43. The number of aryl methyl sites for hydroxylation is 1.